The minimum atomic E-state index is 0.0290. The van der Waals surface area contributed by atoms with Crippen molar-refractivity contribution in [1.82, 2.24) is 24.6 Å². The molecule has 0 atom stereocenters. The number of aryl methyl sites for hydroxylation is 1. The van der Waals surface area contributed by atoms with Crippen molar-refractivity contribution < 1.29 is 4.79 Å². The second-order valence-electron chi connectivity index (χ2n) is 9.06. The van der Waals surface area contributed by atoms with Crippen molar-refractivity contribution in [3.05, 3.63) is 41.9 Å². The number of piperazine rings is 1. The van der Waals surface area contributed by atoms with Crippen LogP contribution in [0.5, 0.6) is 0 Å². The number of nitrogens with zero attached hydrogens (tertiary/aromatic N) is 6. The number of rotatable bonds is 5. The van der Waals surface area contributed by atoms with Gasteiger partial charge in [-0.15, -0.1) is 0 Å². The molecule has 1 aliphatic rings. The molecule has 0 aliphatic carbocycles. The van der Waals surface area contributed by atoms with Gasteiger partial charge < -0.3 is 9.80 Å². The lowest BCUT2D eigenvalue weighted by Crippen LogP contribution is -2.50. The molecule has 31 heavy (non-hydrogen) atoms. The SMILES string of the molecule is Cc1nn(-c2ccccc2)c2nc(CC(C)C)nc(N3CCN(C(=O)C(C)C)CC3)c12. The highest BCUT2D eigenvalue weighted by Gasteiger charge is 2.27. The third-order valence-corrected chi connectivity index (χ3v) is 5.71. The van der Waals surface area contributed by atoms with Crippen molar-refractivity contribution in [2.45, 2.75) is 41.0 Å². The normalized spacial score (nSPS) is 14.8. The molecule has 1 fully saturated rings. The highest BCUT2D eigenvalue weighted by Crippen LogP contribution is 2.30. The maximum absolute atomic E-state index is 12.4. The Morgan fingerprint density at radius 2 is 1.68 bits per heavy atom. The van der Waals surface area contributed by atoms with Crippen LogP contribution >= 0.6 is 0 Å². The Kier molecular flexibility index (Phi) is 5.94. The highest BCUT2D eigenvalue weighted by molar-refractivity contribution is 5.91. The Labute approximate surface area is 184 Å². The zero-order valence-electron chi connectivity index (χ0n) is 19.2. The van der Waals surface area contributed by atoms with Gasteiger partial charge in [-0.1, -0.05) is 45.9 Å². The van der Waals surface area contributed by atoms with E-state index in [1.807, 2.05) is 60.7 Å². The molecule has 0 saturated carbocycles. The van der Waals surface area contributed by atoms with E-state index in [9.17, 15) is 4.79 Å². The molecule has 1 aliphatic heterocycles. The van der Waals surface area contributed by atoms with Gasteiger partial charge in [-0.25, -0.2) is 14.6 Å². The number of hydrogen-bond donors (Lipinski definition) is 0. The second kappa shape index (κ2) is 8.65. The van der Waals surface area contributed by atoms with E-state index in [0.717, 1.165) is 53.6 Å². The van der Waals surface area contributed by atoms with E-state index < -0.39 is 0 Å². The van der Waals surface area contributed by atoms with Gasteiger partial charge in [0.2, 0.25) is 5.91 Å². The molecule has 0 bridgehead atoms. The molecule has 0 radical (unpaired) electrons. The first-order valence-electron chi connectivity index (χ1n) is 11.2. The Balaban J connectivity index is 1.76. The van der Waals surface area contributed by atoms with Gasteiger partial charge >= 0.3 is 0 Å². The number of benzene rings is 1. The summed E-state index contributed by atoms with van der Waals surface area (Å²) in [5.74, 6) is 2.50. The fourth-order valence-corrected chi connectivity index (χ4v) is 4.14. The average molecular weight is 421 g/mol. The Morgan fingerprint density at radius 1 is 1.00 bits per heavy atom. The van der Waals surface area contributed by atoms with Crippen molar-refractivity contribution in [2.75, 3.05) is 31.1 Å². The van der Waals surface area contributed by atoms with E-state index in [0.29, 0.717) is 19.0 Å². The summed E-state index contributed by atoms with van der Waals surface area (Å²) in [5.41, 5.74) is 2.77. The lowest BCUT2D eigenvalue weighted by atomic mass is 10.1. The standard InChI is InChI=1S/C24H32N6O/c1-16(2)15-20-25-22(28-11-13-29(14-12-28)24(31)17(3)4)21-18(5)27-30(23(21)26-20)19-9-7-6-8-10-19/h6-10,16-17H,11-15H2,1-5H3. The van der Waals surface area contributed by atoms with Gasteiger partial charge in [0, 0.05) is 38.5 Å². The maximum Gasteiger partial charge on any atom is 0.225 e. The topological polar surface area (TPSA) is 67.2 Å². The molecule has 7 heteroatoms. The molecule has 1 saturated heterocycles. The summed E-state index contributed by atoms with van der Waals surface area (Å²) in [5, 5.41) is 5.83. The number of hydrogen-bond acceptors (Lipinski definition) is 5. The summed E-state index contributed by atoms with van der Waals surface area (Å²) < 4.78 is 1.93. The maximum atomic E-state index is 12.4. The molecule has 1 amide bonds. The molecule has 3 heterocycles. The summed E-state index contributed by atoms with van der Waals surface area (Å²) in [6, 6.07) is 10.1. The van der Waals surface area contributed by atoms with Crippen LogP contribution in [0.2, 0.25) is 0 Å². The Bertz CT molecular complexity index is 1060. The highest BCUT2D eigenvalue weighted by atomic mass is 16.2. The molecule has 4 rings (SSSR count). The minimum Gasteiger partial charge on any atom is -0.352 e. The molecule has 164 valence electrons. The summed E-state index contributed by atoms with van der Waals surface area (Å²) in [6.07, 6.45) is 0.813. The number of carbonyl (C=O) groups is 1. The van der Waals surface area contributed by atoms with Crippen molar-refractivity contribution in [3.63, 3.8) is 0 Å². The lowest BCUT2D eigenvalue weighted by Gasteiger charge is -2.36. The third kappa shape index (κ3) is 4.27. The molecular weight excluding hydrogens is 388 g/mol. The first-order chi connectivity index (χ1) is 14.8. The Morgan fingerprint density at radius 3 is 2.29 bits per heavy atom. The number of anilines is 1. The van der Waals surface area contributed by atoms with Crippen LogP contribution in [0.15, 0.2) is 30.3 Å². The van der Waals surface area contributed by atoms with Crippen LogP contribution in [0.1, 0.15) is 39.2 Å². The van der Waals surface area contributed by atoms with Gasteiger partial charge in [-0.05, 0) is 25.0 Å². The zero-order valence-corrected chi connectivity index (χ0v) is 19.2. The van der Waals surface area contributed by atoms with E-state index in [-0.39, 0.29) is 11.8 Å². The molecule has 0 N–H and O–H groups in total. The monoisotopic (exact) mass is 420 g/mol. The molecule has 2 aromatic heterocycles. The molecule has 1 aromatic carbocycles. The number of amides is 1. The van der Waals surface area contributed by atoms with Crippen LogP contribution in [-0.4, -0.2) is 56.7 Å². The van der Waals surface area contributed by atoms with Gasteiger partial charge in [0.25, 0.3) is 0 Å². The van der Waals surface area contributed by atoms with Crippen LogP contribution in [0.4, 0.5) is 5.82 Å². The first kappa shape index (κ1) is 21.3. The van der Waals surface area contributed by atoms with E-state index in [1.54, 1.807) is 0 Å². The molecule has 0 unspecified atom stereocenters. The van der Waals surface area contributed by atoms with Gasteiger partial charge in [0.05, 0.1) is 16.8 Å². The number of fused-ring (bicyclic) bond motifs is 1. The van der Waals surface area contributed by atoms with Crippen LogP contribution < -0.4 is 4.90 Å². The predicted molar refractivity (Wildman–Crippen MR) is 124 cm³/mol. The second-order valence-corrected chi connectivity index (χ2v) is 9.06. The largest absolute Gasteiger partial charge is 0.352 e. The van der Waals surface area contributed by atoms with Crippen LogP contribution in [0, 0.1) is 18.8 Å². The lowest BCUT2D eigenvalue weighted by molar-refractivity contribution is -0.134. The molecule has 7 nitrogen and oxygen atoms in total. The quantitative estimate of drug-likeness (QED) is 0.631. The molecule has 3 aromatic rings. The fraction of sp³-hybridized carbons (Fsp3) is 0.500. The third-order valence-electron chi connectivity index (χ3n) is 5.71. The number of aromatic nitrogens is 4. The number of para-hydroxylation sites is 1. The molecule has 0 spiro atoms. The van der Waals surface area contributed by atoms with Crippen molar-refractivity contribution in [3.8, 4) is 5.69 Å². The van der Waals surface area contributed by atoms with Crippen molar-refractivity contribution >= 4 is 22.8 Å². The summed E-state index contributed by atoms with van der Waals surface area (Å²) in [7, 11) is 0. The van der Waals surface area contributed by atoms with Gasteiger partial charge in [-0.2, -0.15) is 5.10 Å². The fourth-order valence-electron chi connectivity index (χ4n) is 4.14. The smallest absolute Gasteiger partial charge is 0.225 e. The van der Waals surface area contributed by atoms with Gasteiger partial charge in [0.15, 0.2) is 5.65 Å². The average Bonchev–Trinajstić information content (AvgIpc) is 3.09. The predicted octanol–water partition coefficient (Wildman–Crippen LogP) is 3.63. The van der Waals surface area contributed by atoms with E-state index in [1.165, 1.54) is 0 Å². The zero-order chi connectivity index (χ0) is 22.1. The van der Waals surface area contributed by atoms with E-state index in [4.69, 9.17) is 15.1 Å². The van der Waals surface area contributed by atoms with Gasteiger partial charge in [0.1, 0.15) is 11.6 Å². The van der Waals surface area contributed by atoms with Crippen molar-refractivity contribution in [2.24, 2.45) is 11.8 Å². The van der Waals surface area contributed by atoms with Crippen LogP contribution in [-0.2, 0) is 11.2 Å². The summed E-state index contributed by atoms with van der Waals surface area (Å²) >= 11 is 0. The van der Waals surface area contributed by atoms with Crippen LogP contribution in [0.25, 0.3) is 16.7 Å². The van der Waals surface area contributed by atoms with E-state index in [2.05, 4.69) is 18.7 Å². The van der Waals surface area contributed by atoms with Gasteiger partial charge in [-0.3, -0.25) is 4.79 Å². The van der Waals surface area contributed by atoms with Crippen LogP contribution in [0.3, 0.4) is 0 Å². The van der Waals surface area contributed by atoms with Crippen molar-refractivity contribution in [1.29, 1.82) is 0 Å². The summed E-state index contributed by atoms with van der Waals surface area (Å²) in [4.78, 5) is 26.6. The summed E-state index contributed by atoms with van der Waals surface area (Å²) in [6.45, 7) is 13.3. The van der Waals surface area contributed by atoms with E-state index >= 15 is 0 Å². The minimum absolute atomic E-state index is 0.0290. The number of carbonyl (C=O) groups excluding carboxylic acids is 1. The Hall–Kier alpha value is -2.96. The first-order valence-corrected chi connectivity index (χ1v) is 11.2. The molecular formula is C24H32N6O.